The molecule has 1 N–H and O–H groups in total. The van der Waals surface area contributed by atoms with Crippen molar-refractivity contribution in [1.29, 1.82) is 0 Å². The second-order valence-electron chi connectivity index (χ2n) is 4.36. The molecule has 2 unspecified atom stereocenters. The van der Waals surface area contributed by atoms with Gasteiger partial charge in [-0.2, -0.15) is 0 Å². The van der Waals surface area contributed by atoms with Gasteiger partial charge in [0.1, 0.15) is 0 Å². The van der Waals surface area contributed by atoms with E-state index in [4.69, 9.17) is 5.11 Å². The zero-order valence-corrected chi connectivity index (χ0v) is 9.34. The molecule has 1 aromatic heterocycles. The van der Waals surface area contributed by atoms with Crippen LogP contribution in [0.15, 0.2) is 24.5 Å². The van der Waals surface area contributed by atoms with Crippen molar-refractivity contribution in [2.24, 2.45) is 5.92 Å². The number of carbonyl (C=O) groups is 1. The highest BCUT2D eigenvalue weighted by Gasteiger charge is 2.38. The number of aliphatic carboxylic acids is 1. The van der Waals surface area contributed by atoms with Crippen LogP contribution in [-0.2, 0) is 11.3 Å². The molecule has 0 amide bonds. The van der Waals surface area contributed by atoms with Crippen molar-refractivity contribution < 1.29 is 9.90 Å². The minimum atomic E-state index is -0.669. The summed E-state index contributed by atoms with van der Waals surface area (Å²) in [7, 11) is 1.99. The summed E-state index contributed by atoms with van der Waals surface area (Å²) in [6.07, 6.45) is 5.32. The van der Waals surface area contributed by atoms with E-state index < -0.39 is 5.97 Å². The molecular formula is C12H16N2O2. The van der Waals surface area contributed by atoms with Crippen LogP contribution in [-0.4, -0.2) is 34.0 Å². The Bertz CT molecular complexity index is 367. The van der Waals surface area contributed by atoms with Gasteiger partial charge in [0.25, 0.3) is 0 Å². The van der Waals surface area contributed by atoms with Crippen LogP contribution in [0.5, 0.6) is 0 Å². The Morgan fingerprint density at radius 2 is 2.19 bits per heavy atom. The molecule has 0 saturated heterocycles. The molecule has 1 saturated carbocycles. The predicted octanol–water partition coefficient (Wildman–Crippen LogP) is 1.38. The molecule has 0 spiro atoms. The summed E-state index contributed by atoms with van der Waals surface area (Å²) in [5, 5.41) is 8.98. The van der Waals surface area contributed by atoms with Gasteiger partial charge in [-0.3, -0.25) is 14.7 Å². The minimum Gasteiger partial charge on any atom is -0.481 e. The highest BCUT2D eigenvalue weighted by Crippen LogP contribution is 2.32. The van der Waals surface area contributed by atoms with Crippen LogP contribution >= 0.6 is 0 Å². The van der Waals surface area contributed by atoms with E-state index in [1.165, 1.54) is 5.56 Å². The normalized spacial score (nSPS) is 24.1. The number of carboxylic acids is 1. The average Bonchev–Trinajstić information content (AvgIpc) is 2.16. The topological polar surface area (TPSA) is 53.4 Å². The van der Waals surface area contributed by atoms with E-state index in [2.05, 4.69) is 9.88 Å². The fraction of sp³-hybridized carbons (Fsp3) is 0.500. The average molecular weight is 220 g/mol. The van der Waals surface area contributed by atoms with Crippen LogP contribution in [0, 0.1) is 5.92 Å². The van der Waals surface area contributed by atoms with Gasteiger partial charge in [0.15, 0.2) is 0 Å². The Hall–Kier alpha value is -1.42. The van der Waals surface area contributed by atoms with Crippen LogP contribution in [0.2, 0.25) is 0 Å². The molecule has 1 fully saturated rings. The van der Waals surface area contributed by atoms with E-state index in [0.29, 0.717) is 0 Å². The molecule has 1 aliphatic rings. The number of nitrogens with zero attached hydrogens (tertiary/aromatic N) is 2. The van der Waals surface area contributed by atoms with E-state index in [9.17, 15) is 4.79 Å². The highest BCUT2D eigenvalue weighted by molar-refractivity contribution is 5.72. The number of carboxylic acid groups (broad SMARTS) is 1. The van der Waals surface area contributed by atoms with Gasteiger partial charge in [-0.05, 0) is 37.6 Å². The fourth-order valence-electron chi connectivity index (χ4n) is 2.19. The summed E-state index contributed by atoms with van der Waals surface area (Å²) >= 11 is 0. The van der Waals surface area contributed by atoms with Gasteiger partial charge in [0.05, 0.1) is 5.92 Å². The van der Waals surface area contributed by atoms with Crippen molar-refractivity contribution in [3.05, 3.63) is 30.1 Å². The molecule has 2 rings (SSSR count). The monoisotopic (exact) mass is 220 g/mol. The maximum atomic E-state index is 10.9. The quantitative estimate of drug-likeness (QED) is 0.832. The summed E-state index contributed by atoms with van der Waals surface area (Å²) in [5.41, 5.74) is 1.17. The first-order valence-electron chi connectivity index (χ1n) is 5.50. The summed E-state index contributed by atoms with van der Waals surface area (Å²) < 4.78 is 0. The lowest BCUT2D eigenvalue weighted by Crippen LogP contribution is -2.48. The molecule has 0 aliphatic heterocycles. The molecule has 86 valence electrons. The van der Waals surface area contributed by atoms with Crippen molar-refractivity contribution >= 4 is 5.97 Å². The lowest BCUT2D eigenvalue weighted by Gasteiger charge is -2.40. The summed E-state index contributed by atoms with van der Waals surface area (Å²) in [5.74, 6) is -0.857. The smallest absolute Gasteiger partial charge is 0.308 e. The predicted molar refractivity (Wildman–Crippen MR) is 59.9 cm³/mol. The molecule has 1 aromatic rings. The van der Waals surface area contributed by atoms with Gasteiger partial charge in [0, 0.05) is 25.0 Å². The first-order valence-corrected chi connectivity index (χ1v) is 5.50. The first-order chi connectivity index (χ1) is 7.68. The van der Waals surface area contributed by atoms with E-state index in [1.54, 1.807) is 12.4 Å². The lowest BCUT2D eigenvalue weighted by molar-refractivity contribution is -0.148. The standard InChI is InChI=1S/C12H16N2O2/c1-14(8-9-4-6-13-7-5-9)11-3-2-10(11)12(15)16/h4-7,10-11H,2-3,8H2,1H3,(H,15,16). The lowest BCUT2D eigenvalue weighted by atomic mass is 9.78. The van der Waals surface area contributed by atoms with Crippen LogP contribution in [0.3, 0.4) is 0 Å². The Balaban J connectivity index is 1.94. The third-order valence-corrected chi connectivity index (χ3v) is 3.30. The van der Waals surface area contributed by atoms with Crippen molar-refractivity contribution in [2.45, 2.75) is 25.4 Å². The van der Waals surface area contributed by atoms with Crippen LogP contribution in [0.25, 0.3) is 0 Å². The Labute approximate surface area is 94.9 Å². The Kier molecular flexibility index (Phi) is 3.19. The van der Waals surface area contributed by atoms with E-state index in [-0.39, 0.29) is 12.0 Å². The fourth-order valence-corrected chi connectivity index (χ4v) is 2.19. The third-order valence-electron chi connectivity index (χ3n) is 3.30. The number of pyridine rings is 1. The largest absolute Gasteiger partial charge is 0.481 e. The second kappa shape index (κ2) is 4.61. The zero-order valence-electron chi connectivity index (χ0n) is 9.34. The van der Waals surface area contributed by atoms with E-state index in [1.807, 2.05) is 19.2 Å². The molecule has 0 aromatic carbocycles. The molecule has 4 nitrogen and oxygen atoms in total. The third kappa shape index (κ3) is 2.22. The van der Waals surface area contributed by atoms with Crippen LogP contribution < -0.4 is 0 Å². The van der Waals surface area contributed by atoms with Gasteiger partial charge in [0.2, 0.25) is 0 Å². The molecule has 0 radical (unpaired) electrons. The summed E-state index contributed by atoms with van der Waals surface area (Å²) in [4.78, 5) is 17.0. The molecule has 4 heteroatoms. The molecule has 1 heterocycles. The molecular weight excluding hydrogens is 204 g/mol. The first kappa shape index (κ1) is 11.1. The van der Waals surface area contributed by atoms with Gasteiger partial charge >= 0.3 is 5.97 Å². The zero-order chi connectivity index (χ0) is 11.5. The second-order valence-corrected chi connectivity index (χ2v) is 4.36. The van der Waals surface area contributed by atoms with Crippen molar-refractivity contribution in [3.63, 3.8) is 0 Å². The maximum Gasteiger partial charge on any atom is 0.308 e. The molecule has 1 aliphatic carbocycles. The van der Waals surface area contributed by atoms with Gasteiger partial charge < -0.3 is 5.11 Å². The Morgan fingerprint density at radius 3 is 2.69 bits per heavy atom. The number of rotatable bonds is 4. The van der Waals surface area contributed by atoms with Gasteiger partial charge in [-0.25, -0.2) is 0 Å². The molecule has 16 heavy (non-hydrogen) atoms. The molecule has 0 bridgehead atoms. The number of hydrogen-bond donors (Lipinski definition) is 1. The number of aromatic nitrogens is 1. The summed E-state index contributed by atoms with van der Waals surface area (Å²) in [6, 6.07) is 4.11. The summed E-state index contributed by atoms with van der Waals surface area (Å²) in [6.45, 7) is 0.789. The van der Waals surface area contributed by atoms with Crippen molar-refractivity contribution in [1.82, 2.24) is 9.88 Å². The number of hydrogen-bond acceptors (Lipinski definition) is 3. The van der Waals surface area contributed by atoms with Crippen LogP contribution in [0.4, 0.5) is 0 Å². The van der Waals surface area contributed by atoms with Crippen molar-refractivity contribution in [2.75, 3.05) is 7.05 Å². The van der Waals surface area contributed by atoms with E-state index in [0.717, 1.165) is 19.4 Å². The van der Waals surface area contributed by atoms with Crippen LogP contribution in [0.1, 0.15) is 18.4 Å². The highest BCUT2D eigenvalue weighted by atomic mass is 16.4. The van der Waals surface area contributed by atoms with E-state index >= 15 is 0 Å². The molecule has 2 atom stereocenters. The Morgan fingerprint density at radius 1 is 1.50 bits per heavy atom. The minimum absolute atomic E-state index is 0.186. The van der Waals surface area contributed by atoms with Crippen molar-refractivity contribution in [3.8, 4) is 0 Å². The van der Waals surface area contributed by atoms with Gasteiger partial charge in [-0.15, -0.1) is 0 Å². The SMILES string of the molecule is CN(Cc1ccncc1)C1CCC1C(=O)O. The van der Waals surface area contributed by atoms with Gasteiger partial charge in [-0.1, -0.05) is 0 Å². The maximum absolute atomic E-state index is 10.9.